The first-order chi connectivity index (χ1) is 12.7. The van der Waals surface area contributed by atoms with Gasteiger partial charge in [-0.2, -0.15) is 0 Å². The molecular formula is C21H13N3OSe. The second-order valence-corrected chi connectivity index (χ2v) is 8.01. The van der Waals surface area contributed by atoms with Crippen LogP contribution in [0.15, 0.2) is 67.0 Å². The normalized spacial score (nSPS) is 10.6. The van der Waals surface area contributed by atoms with E-state index in [-0.39, 0.29) is 14.5 Å². The predicted octanol–water partition coefficient (Wildman–Crippen LogP) is 3.60. The van der Waals surface area contributed by atoms with Crippen LogP contribution in [0.4, 0.5) is 0 Å². The first-order valence-electron chi connectivity index (χ1n) is 7.94. The van der Waals surface area contributed by atoms with Crippen molar-refractivity contribution in [1.29, 1.82) is 5.26 Å². The van der Waals surface area contributed by atoms with E-state index in [1.165, 1.54) is 8.70 Å². The van der Waals surface area contributed by atoms with E-state index in [0.717, 1.165) is 22.1 Å². The number of primary amides is 1. The minimum atomic E-state index is -0.433. The second kappa shape index (κ2) is 6.61. The van der Waals surface area contributed by atoms with Crippen molar-refractivity contribution in [3.8, 4) is 27.2 Å². The number of hydrogen-bond donors (Lipinski definition) is 1. The van der Waals surface area contributed by atoms with E-state index in [1.807, 2.05) is 48.5 Å². The zero-order valence-corrected chi connectivity index (χ0v) is 15.4. The van der Waals surface area contributed by atoms with Gasteiger partial charge in [0.25, 0.3) is 0 Å². The molecule has 2 heterocycles. The Labute approximate surface area is 156 Å². The molecule has 4 rings (SSSR count). The Kier molecular flexibility index (Phi) is 4.14. The van der Waals surface area contributed by atoms with Crippen LogP contribution in [-0.4, -0.2) is 25.4 Å². The van der Waals surface area contributed by atoms with Crippen molar-refractivity contribution in [3.63, 3.8) is 0 Å². The Morgan fingerprint density at radius 1 is 1.00 bits per heavy atom. The van der Waals surface area contributed by atoms with E-state index < -0.39 is 5.91 Å². The first kappa shape index (κ1) is 16.3. The molecule has 0 radical (unpaired) electrons. The number of nitriles is 1. The van der Waals surface area contributed by atoms with E-state index in [4.69, 9.17) is 11.0 Å². The Morgan fingerprint density at radius 2 is 1.73 bits per heavy atom. The molecule has 0 aliphatic heterocycles. The van der Waals surface area contributed by atoms with Crippen LogP contribution in [0.3, 0.4) is 0 Å². The summed E-state index contributed by atoms with van der Waals surface area (Å²) in [6.45, 7) is 0. The number of nitrogens with zero attached hydrogens (tertiary/aromatic N) is 2. The molecule has 0 unspecified atom stereocenters. The molecule has 0 bridgehead atoms. The Morgan fingerprint density at radius 3 is 2.38 bits per heavy atom. The molecule has 0 spiro atoms. The number of carbonyl (C=O) groups excluding carboxylic acids is 1. The standard InChI is InChI=1S/C21H13N3OSe/c22-12-13-1-3-14(4-2-13)19-17-11-16(21(23)25)5-6-18(17)26-20(19)15-7-9-24-10-8-15/h1-11H,(H2,23,25). The third-order valence-corrected chi connectivity index (χ3v) is 6.78. The van der Waals surface area contributed by atoms with Gasteiger partial charge >= 0.3 is 156 Å². The van der Waals surface area contributed by atoms with Crippen LogP contribution >= 0.6 is 0 Å². The summed E-state index contributed by atoms with van der Waals surface area (Å²) in [6, 6.07) is 19.3. The van der Waals surface area contributed by atoms with Crippen molar-refractivity contribution in [2.75, 3.05) is 0 Å². The fourth-order valence-corrected chi connectivity index (χ4v) is 5.50. The summed E-state index contributed by atoms with van der Waals surface area (Å²) in [5, 5.41) is 10.1. The molecule has 2 aromatic carbocycles. The minimum absolute atomic E-state index is 0.107. The number of hydrogen-bond acceptors (Lipinski definition) is 3. The molecule has 4 aromatic rings. The quantitative estimate of drug-likeness (QED) is 0.532. The van der Waals surface area contributed by atoms with Crippen molar-refractivity contribution in [3.05, 3.63) is 78.1 Å². The molecule has 0 aliphatic rings. The van der Waals surface area contributed by atoms with E-state index >= 15 is 0 Å². The topological polar surface area (TPSA) is 79.8 Å². The average molecular weight is 402 g/mol. The van der Waals surface area contributed by atoms with Crippen molar-refractivity contribution < 1.29 is 4.79 Å². The van der Waals surface area contributed by atoms with Gasteiger partial charge in [0.2, 0.25) is 0 Å². The summed E-state index contributed by atoms with van der Waals surface area (Å²) < 4.78 is 2.45. The molecule has 26 heavy (non-hydrogen) atoms. The fourth-order valence-electron chi connectivity index (χ4n) is 2.96. The Bertz CT molecular complexity index is 1160. The number of nitrogens with two attached hydrogens (primary N) is 1. The molecule has 0 saturated carbocycles. The van der Waals surface area contributed by atoms with Crippen LogP contribution in [0.25, 0.3) is 30.8 Å². The number of fused-ring (bicyclic) bond motifs is 1. The number of rotatable bonds is 3. The first-order valence-corrected chi connectivity index (χ1v) is 9.66. The summed E-state index contributed by atoms with van der Waals surface area (Å²) in [7, 11) is 0. The number of aromatic nitrogens is 1. The van der Waals surface area contributed by atoms with Gasteiger partial charge in [-0.1, -0.05) is 0 Å². The van der Waals surface area contributed by atoms with Gasteiger partial charge in [-0.05, 0) is 0 Å². The fraction of sp³-hybridized carbons (Fsp3) is 0. The zero-order chi connectivity index (χ0) is 18.1. The van der Waals surface area contributed by atoms with E-state index in [0.29, 0.717) is 11.1 Å². The van der Waals surface area contributed by atoms with E-state index in [2.05, 4.69) is 11.1 Å². The molecule has 4 nitrogen and oxygen atoms in total. The van der Waals surface area contributed by atoms with Crippen LogP contribution in [-0.2, 0) is 0 Å². The molecule has 124 valence electrons. The van der Waals surface area contributed by atoms with Crippen molar-refractivity contribution in [1.82, 2.24) is 4.98 Å². The molecule has 0 atom stereocenters. The van der Waals surface area contributed by atoms with Gasteiger partial charge < -0.3 is 0 Å². The van der Waals surface area contributed by atoms with Crippen LogP contribution in [0.1, 0.15) is 15.9 Å². The summed E-state index contributed by atoms with van der Waals surface area (Å²) in [4.78, 5) is 15.8. The second-order valence-electron chi connectivity index (χ2n) is 5.81. The molecule has 2 N–H and O–H groups in total. The molecule has 1 amide bonds. The van der Waals surface area contributed by atoms with Gasteiger partial charge in [0.15, 0.2) is 0 Å². The number of amides is 1. The van der Waals surface area contributed by atoms with Crippen molar-refractivity contribution >= 4 is 30.1 Å². The maximum absolute atomic E-state index is 11.6. The molecule has 0 fully saturated rings. The van der Waals surface area contributed by atoms with Crippen molar-refractivity contribution in [2.45, 2.75) is 0 Å². The van der Waals surface area contributed by atoms with Crippen LogP contribution < -0.4 is 5.73 Å². The molecule has 0 aliphatic carbocycles. The average Bonchev–Trinajstić information content (AvgIpc) is 3.07. The number of carbonyl (C=O) groups is 1. The zero-order valence-electron chi connectivity index (χ0n) is 13.6. The third kappa shape index (κ3) is 2.82. The Balaban J connectivity index is 2.03. The van der Waals surface area contributed by atoms with Crippen LogP contribution in [0, 0.1) is 11.3 Å². The molecule has 2 aromatic heterocycles. The summed E-state index contributed by atoms with van der Waals surface area (Å²) in [5.74, 6) is -0.433. The molecular weight excluding hydrogens is 389 g/mol. The van der Waals surface area contributed by atoms with Gasteiger partial charge in [0, 0.05) is 0 Å². The summed E-state index contributed by atoms with van der Waals surface area (Å²) in [5.41, 5.74) is 9.85. The number of benzene rings is 2. The van der Waals surface area contributed by atoms with Crippen molar-refractivity contribution in [2.24, 2.45) is 5.73 Å². The maximum atomic E-state index is 11.6. The third-order valence-electron chi connectivity index (χ3n) is 4.22. The SMILES string of the molecule is N#Cc1ccc(-c2c(-c3ccncc3)[se]c3ccc(C(N)=O)cc23)cc1. The van der Waals surface area contributed by atoms with Gasteiger partial charge in [-0.25, -0.2) is 0 Å². The molecule has 0 saturated heterocycles. The summed E-state index contributed by atoms with van der Waals surface area (Å²) in [6.07, 6.45) is 3.57. The Hall–Kier alpha value is -3.19. The van der Waals surface area contributed by atoms with E-state index in [9.17, 15) is 4.79 Å². The van der Waals surface area contributed by atoms with E-state index in [1.54, 1.807) is 18.5 Å². The van der Waals surface area contributed by atoms with Gasteiger partial charge in [-0.3, -0.25) is 0 Å². The summed E-state index contributed by atoms with van der Waals surface area (Å²) >= 11 is 0.107. The van der Waals surface area contributed by atoms with Gasteiger partial charge in [0.05, 0.1) is 0 Å². The molecule has 5 heteroatoms. The van der Waals surface area contributed by atoms with Gasteiger partial charge in [0.1, 0.15) is 0 Å². The number of pyridine rings is 1. The van der Waals surface area contributed by atoms with Gasteiger partial charge in [-0.15, -0.1) is 0 Å². The predicted molar refractivity (Wildman–Crippen MR) is 103 cm³/mol. The van der Waals surface area contributed by atoms with Crippen LogP contribution in [0.5, 0.6) is 0 Å². The monoisotopic (exact) mass is 403 g/mol. The van der Waals surface area contributed by atoms with Crippen LogP contribution in [0.2, 0.25) is 0 Å².